The van der Waals surface area contributed by atoms with Gasteiger partial charge in [-0.3, -0.25) is 0 Å². The van der Waals surface area contributed by atoms with E-state index >= 15 is 0 Å². The van der Waals surface area contributed by atoms with Gasteiger partial charge in [0.25, 0.3) is 0 Å². The van der Waals surface area contributed by atoms with Gasteiger partial charge in [-0.1, -0.05) is 0 Å². The highest BCUT2D eigenvalue weighted by Crippen LogP contribution is 2.11. The van der Waals surface area contributed by atoms with Crippen molar-refractivity contribution in [2.75, 3.05) is 6.61 Å². The fourth-order valence-corrected chi connectivity index (χ4v) is 0.616. The van der Waals surface area contributed by atoms with Crippen molar-refractivity contribution in [2.45, 2.75) is 12.8 Å². The molecule has 0 fully saturated rings. The van der Waals surface area contributed by atoms with Gasteiger partial charge in [0.05, 0.1) is 0 Å². The van der Waals surface area contributed by atoms with Crippen LogP contribution in [0.2, 0.25) is 0 Å². The summed E-state index contributed by atoms with van der Waals surface area (Å²) in [7, 11) is 0. The Labute approximate surface area is 53.2 Å². The SMILES string of the molecule is O=CCCC1=CCOO1. The fourth-order valence-electron chi connectivity index (χ4n) is 0.616. The van der Waals surface area contributed by atoms with Crippen LogP contribution < -0.4 is 0 Å². The molecule has 0 radical (unpaired) electrons. The Hall–Kier alpha value is -0.830. The lowest BCUT2D eigenvalue weighted by Crippen LogP contribution is -1.84. The van der Waals surface area contributed by atoms with Crippen LogP contribution >= 0.6 is 0 Å². The molecule has 0 unspecified atom stereocenters. The Morgan fingerprint density at radius 3 is 3.22 bits per heavy atom. The lowest BCUT2D eigenvalue weighted by atomic mass is 10.3. The summed E-state index contributed by atoms with van der Waals surface area (Å²) >= 11 is 0. The van der Waals surface area contributed by atoms with Crippen molar-refractivity contribution in [1.82, 2.24) is 0 Å². The fraction of sp³-hybridized carbons (Fsp3) is 0.500. The Balaban J connectivity index is 2.18. The van der Waals surface area contributed by atoms with Gasteiger partial charge in [-0.25, -0.2) is 0 Å². The van der Waals surface area contributed by atoms with Gasteiger partial charge in [0.15, 0.2) is 0 Å². The van der Waals surface area contributed by atoms with E-state index in [2.05, 4.69) is 9.78 Å². The number of rotatable bonds is 3. The van der Waals surface area contributed by atoms with Crippen LogP contribution in [-0.4, -0.2) is 12.9 Å². The van der Waals surface area contributed by atoms with Crippen molar-refractivity contribution < 1.29 is 14.6 Å². The molecule has 0 amide bonds. The first kappa shape index (κ1) is 6.29. The van der Waals surface area contributed by atoms with Crippen LogP contribution in [0.4, 0.5) is 0 Å². The van der Waals surface area contributed by atoms with Gasteiger partial charge in [-0.15, -0.1) is 0 Å². The second-order valence-corrected chi connectivity index (χ2v) is 1.74. The lowest BCUT2D eigenvalue weighted by Gasteiger charge is -1.94. The molecule has 0 spiro atoms. The molecule has 1 heterocycles. The normalized spacial score (nSPS) is 16.7. The molecule has 0 aromatic heterocycles. The Bertz CT molecular complexity index is 128. The number of aldehydes is 1. The minimum absolute atomic E-state index is 0.508. The van der Waals surface area contributed by atoms with Gasteiger partial charge in [0, 0.05) is 12.8 Å². The molecular formula is C6H8O3. The zero-order valence-electron chi connectivity index (χ0n) is 5.00. The van der Waals surface area contributed by atoms with E-state index in [1.54, 1.807) is 0 Å². The molecule has 0 N–H and O–H groups in total. The van der Waals surface area contributed by atoms with Gasteiger partial charge < -0.3 is 9.68 Å². The second-order valence-electron chi connectivity index (χ2n) is 1.74. The summed E-state index contributed by atoms with van der Waals surface area (Å²) in [5, 5.41) is 0. The van der Waals surface area contributed by atoms with E-state index in [9.17, 15) is 4.79 Å². The molecule has 0 bridgehead atoms. The summed E-state index contributed by atoms with van der Waals surface area (Å²) in [6, 6.07) is 0. The monoisotopic (exact) mass is 128 g/mol. The van der Waals surface area contributed by atoms with E-state index in [4.69, 9.17) is 0 Å². The molecular weight excluding hydrogens is 120 g/mol. The van der Waals surface area contributed by atoms with Gasteiger partial charge in [0.2, 0.25) is 0 Å². The van der Waals surface area contributed by atoms with Gasteiger partial charge in [0.1, 0.15) is 18.7 Å². The molecule has 9 heavy (non-hydrogen) atoms. The van der Waals surface area contributed by atoms with Crippen molar-refractivity contribution in [1.29, 1.82) is 0 Å². The first-order valence-corrected chi connectivity index (χ1v) is 2.85. The quantitative estimate of drug-likeness (QED) is 0.416. The molecule has 1 rings (SSSR count). The predicted octanol–water partition coefficient (Wildman–Crippen LogP) is 0.811. The number of hydrogen-bond donors (Lipinski definition) is 0. The topological polar surface area (TPSA) is 35.5 Å². The Morgan fingerprint density at radius 2 is 2.67 bits per heavy atom. The molecule has 3 nitrogen and oxygen atoms in total. The van der Waals surface area contributed by atoms with Gasteiger partial charge in [-0.2, -0.15) is 4.89 Å². The number of hydrogen-bond acceptors (Lipinski definition) is 3. The molecule has 0 atom stereocenters. The smallest absolute Gasteiger partial charge is 0.141 e. The van der Waals surface area contributed by atoms with Gasteiger partial charge in [-0.05, 0) is 6.08 Å². The summed E-state index contributed by atoms with van der Waals surface area (Å²) in [5.41, 5.74) is 0. The van der Waals surface area contributed by atoms with Crippen LogP contribution in [0.5, 0.6) is 0 Å². The summed E-state index contributed by atoms with van der Waals surface area (Å²) in [5.74, 6) is 0.766. The molecule has 0 aliphatic carbocycles. The minimum Gasteiger partial charge on any atom is -0.342 e. The molecule has 1 aliphatic rings. The number of carbonyl (C=O) groups excluding carboxylic acids is 1. The average Bonchev–Trinajstić information content (AvgIpc) is 2.34. The van der Waals surface area contributed by atoms with E-state index in [1.165, 1.54) is 0 Å². The first-order chi connectivity index (χ1) is 4.43. The Kier molecular flexibility index (Phi) is 2.27. The van der Waals surface area contributed by atoms with Crippen LogP contribution in [0.3, 0.4) is 0 Å². The third kappa shape index (κ3) is 1.85. The van der Waals surface area contributed by atoms with Crippen molar-refractivity contribution in [3.8, 4) is 0 Å². The van der Waals surface area contributed by atoms with Gasteiger partial charge >= 0.3 is 0 Å². The van der Waals surface area contributed by atoms with E-state index in [0.29, 0.717) is 19.4 Å². The van der Waals surface area contributed by atoms with E-state index in [-0.39, 0.29) is 0 Å². The van der Waals surface area contributed by atoms with Crippen molar-refractivity contribution in [3.05, 3.63) is 11.8 Å². The van der Waals surface area contributed by atoms with Crippen molar-refractivity contribution in [3.63, 3.8) is 0 Å². The zero-order valence-corrected chi connectivity index (χ0v) is 5.00. The van der Waals surface area contributed by atoms with Crippen LogP contribution in [-0.2, 0) is 14.6 Å². The second kappa shape index (κ2) is 3.25. The highest BCUT2D eigenvalue weighted by molar-refractivity contribution is 5.49. The largest absolute Gasteiger partial charge is 0.342 e. The number of carbonyl (C=O) groups is 1. The minimum atomic E-state index is 0.508. The maximum Gasteiger partial charge on any atom is 0.141 e. The zero-order chi connectivity index (χ0) is 6.53. The van der Waals surface area contributed by atoms with E-state index in [1.807, 2.05) is 6.08 Å². The molecule has 0 saturated heterocycles. The summed E-state index contributed by atoms with van der Waals surface area (Å²) < 4.78 is 0. The molecule has 1 aliphatic heterocycles. The highest BCUT2D eigenvalue weighted by Gasteiger charge is 2.04. The summed E-state index contributed by atoms with van der Waals surface area (Å²) in [4.78, 5) is 19.0. The van der Waals surface area contributed by atoms with Crippen LogP contribution in [0.1, 0.15) is 12.8 Å². The molecule has 0 aromatic carbocycles. The first-order valence-electron chi connectivity index (χ1n) is 2.85. The van der Waals surface area contributed by atoms with Crippen LogP contribution in [0.25, 0.3) is 0 Å². The number of allylic oxidation sites excluding steroid dienone is 1. The molecule has 3 heteroatoms. The molecule has 50 valence electrons. The van der Waals surface area contributed by atoms with E-state index in [0.717, 1.165) is 12.0 Å². The summed E-state index contributed by atoms with van der Waals surface area (Å²) in [6.07, 6.45) is 3.85. The van der Waals surface area contributed by atoms with E-state index < -0.39 is 0 Å². The molecule has 0 aromatic rings. The summed E-state index contributed by atoms with van der Waals surface area (Å²) in [6.45, 7) is 0.508. The standard InChI is InChI=1S/C6H8O3/c7-4-1-2-6-3-5-8-9-6/h3-4H,1-2,5H2. The Morgan fingerprint density at radius 1 is 1.78 bits per heavy atom. The maximum absolute atomic E-state index is 9.84. The van der Waals surface area contributed by atoms with Crippen molar-refractivity contribution in [2.24, 2.45) is 0 Å². The maximum atomic E-state index is 9.84. The van der Waals surface area contributed by atoms with Crippen molar-refractivity contribution >= 4 is 6.29 Å². The average molecular weight is 128 g/mol. The third-order valence-corrected chi connectivity index (χ3v) is 1.05. The highest BCUT2D eigenvalue weighted by atomic mass is 17.2. The lowest BCUT2D eigenvalue weighted by molar-refractivity contribution is -0.235. The predicted molar refractivity (Wildman–Crippen MR) is 30.4 cm³/mol. The van der Waals surface area contributed by atoms with Crippen LogP contribution in [0, 0.1) is 0 Å². The third-order valence-electron chi connectivity index (χ3n) is 1.05. The molecule has 0 saturated carbocycles. The van der Waals surface area contributed by atoms with Crippen LogP contribution in [0.15, 0.2) is 11.8 Å².